The molecule has 0 radical (unpaired) electrons. The average Bonchev–Trinajstić information content (AvgIpc) is 2.91. The minimum atomic E-state index is 0.199. The van der Waals surface area contributed by atoms with E-state index in [0.29, 0.717) is 6.04 Å². The lowest BCUT2D eigenvalue weighted by Crippen LogP contribution is -2.40. The smallest absolute Gasteiger partial charge is 0.0964 e. The number of nitrogens with one attached hydrogen (secondary N) is 1. The lowest BCUT2D eigenvalue weighted by atomic mass is 9.95. The van der Waals surface area contributed by atoms with Crippen molar-refractivity contribution in [3.05, 3.63) is 11.9 Å². The van der Waals surface area contributed by atoms with E-state index in [9.17, 15) is 0 Å². The van der Waals surface area contributed by atoms with Crippen LogP contribution in [0.5, 0.6) is 0 Å². The summed E-state index contributed by atoms with van der Waals surface area (Å²) >= 11 is 1.97. The third kappa shape index (κ3) is 4.47. The average molecular weight is 284 g/mol. The van der Waals surface area contributed by atoms with Gasteiger partial charge in [-0.05, 0) is 25.5 Å². The van der Waals surface area contributed by atoms with Gasteiger partial charge in [0.2, 0.25) is 0 Å². The predicted octanol–water partition coefficient (Wildman–Crippen LogP) is 1.42. The van der Waals surface area contributed by atoms with Gasteiger partial charge in [-0.2, -0.15) is 11.8 Å². The van der Waals surface area contributed by atoms with E-state index in [-0.39, 0.29) is 6.61 Å². The topological polar surface area (TPSA) is 63.0 Å². The maximum atomic E-state index is 8.79. The first-order valence-corrected chi connectivity index (χ1v) is 8.38. The molecule has 0 aliphatic heterocycles. The molecule has 6 heteroatoms. The van der Waals surface area contributed by atoms with Crippen LogP contribution in [0.2, 0.25) is 0 Å². The highest BCUT2D eigenvalue weighted by molar-refractivity contribution is 7.99. The third-order valence-electron chi connectivity index (χ3n) is 3.68. The van der Waals surface area contributed by atoms with Gasteiger partial charge in [0.1, 0.15) is 0 Å². The van der Waals surface area contributed by atoms with Crippen molar-refractivity contribution < 1.29 is 5.11 Å². The Morgan fingerprint density at radius 1 is 1.47 bits per heavy atom. The Hall–Kier alpha value is -0.590. The van der Waals surface area contributed by atoms with Gasteiger partial charge in [-0.15, -0.1) is 5.10 Å². The zero-order chi connectivity index (χ0) is 13.5. The van der Waals surface area contributed by atoms with Crippen LogP contribution in [0.15, 0.2) is 6.20 Å². The van der Waals surface area contributed by atoms with E-state index in [0.717, 1.165) is 30.5 Å². The van der Waals surface area contributed by atoms with Crippen LogP contribution in [0.1, 0.15) is 37.8 Å². The summed E-state index contributed by atoms with van der Waals surface area (Å²) in [4.78, 5) is 0. The molecular formula is C13H24N4OS. The molecule has 2 N–H and O–H groups in total. The van der Waals surface area contributed by atoms with E-state index in [2.05, 4.69) is 21.9 Å². The predicted molar refractivity (Wildman–Crippen MR) is 78.1 cm³/mol. The SMILES string of the molecule is CSC1CCCCC1NCc1cn(CCCO)nn1. The highest BCUT2D eigenvalue weighted by Crippen LogP contribution is 2.27. The number of hydrogen-bond donors (Lipinski definition) is 2. The van der Waals surface area contributed by atoms with Gasteiger partial charge in [0.25, 0.3) is 0 Å². The Bertz CT molecular complexity index is 371. The summed E-state index contributed by atoms with van der Waals surface area (Å²) in [5.41, 5.74) is 0.989. The van der Waals surface area contributed by atoms with Crippen molar-refractivity contribution in [3.8, 4) is 0 Å². The van der Waals surface area contributed by atoms with E-state index in [4.69, 9.17) is 5.11 Å². The second kappa shape index (κ2) is 7.87. The molecule has 108 valence electrons. The summed E-state index contributed by atoms with van der Waals surface area (Å²) in [6.45, 7) is 1.73. The van der Waals surface area contributed by atoms with Crippen LogP contribution in [-0.4, -0.2) is 44.3 Å². The number of aryl methyl sites for hydroxylation is 1. The summed E-state index contributed by atoms with van der Waals surface area (Å²) in [6, 6.07) is 0.603. The van der Waals surface area contributed by atoms with E-state index in [1.54, 1.807) is 4.68 Å². The Kier molecular flexibility index (Phi) is 6.13. The number of thioether (sulfide) groups is 1. The quantitative estimate of drug-likeness (QED) is 0.793. The fourth-order valence-electron chi connectivity index (χ4n) is 2.61. The molecule has 2 rings (SSSR count). The second-order valence-electron chi connectivity index (χ2n) is 5.10. The third-order valence-corrected chi connectivity index (χ3v) is 4.85. The normalized spacial score (nSPS) is 23.7. The fraction of sp³-hybridized carbons (Fsp3) is 0.846. The summed E-state index contributed by atoms with van der Waals surface area (Å²) in [5.74, 6) is 0. The van der Waals surface area contributed by atoms with Crippen molar-refractivity contribution in [1.29, 1.82) is 0 Å². The maximum absolute atomic E-state index is 8.79. The standard InChI is InChI=1S/C13H24N4OS/c1-19-13-6-3-2-5-12(13)14-9-11-10-17(16-15-11)7-4-8-18/h10,12-14,18H,2-9H2,1H3. The zero-order valence-electron chi connectivity index (χ0n) is 11.6. The van der Waals surface area contributed by atoms with Crippen molar-refractivity contribution in [1.82, 2.24) is 20.3 Å². The van der Waals surface area contributed by atoms with Crippen LogP contribution < -0.4 is 5.32 Å². The first-order valence-electron chi connectivity index (χ1n) is 7.09. The number of aromatic nitrogens is 3. The molecule has 0 saturated heterocycles. The molecule has 1 saturated carbocycles. The molecule has 5 nitrogen and oxygen atoms in total. The molecule has 1 aliphatic rings. The van der Waals surface area contributed by atoms with Gasteiger partial charge in [0.15, 0.2) is 0 Å². The molecule has 1 aromatic rings. The van der Waals surface area contributed by atoms with E-state index in [1.165, 1.54) is 25.7 Å². The molecule has 0 spiro atoms. The molecule has 1 fully saturated rings. The van der Waals surface area contributed by atoms with Crippen molar-refractivity contribution in [2.75, 3.05) is 12.9 Å². The molecule has 1 heterocycles. The number of rotatable bonds is 7. The van der Waals surface area contributed by atoms with Crippen molar-refractivity contribution in [3.63, 3.8) is 0 Å². The first kappa shape index (κ1) is 14.8. The van der Waals surface area contributed by atoms with Gasteiger partial charge < -0.3 is 10.4 Å². The van der Waals surface area contributed by atoms with E-state index in [1.807, 2.05) is 18.0 Å². The summed E-state index contributed by atoms with van der Waals surface area (Å²) in [5, 5.41) is 21.4. The van der Waals surface area contributed by atoms with Crippen LogP contribution in [-0.2, 0) is 13.1 Å². The molecular weight excluding hydrogens is 260 g/mol. The van der Waals surface area contributed by atoms with Crippen molar-refractivity contribution in [2.24, 2.45) is 0 Å². The Morgan fingerprint density at radius 3 is 3.11 bits per heavy atom. The highest BCUT2D eigenvalue weighted by atomic mass is 32.2. The van der Waals surface area contributed by atoms with Gasteiger partial charge in [-0.1, -0.05) is 18.1 Å². The fourth-order valence-corrected chi connectivity index (χ4v) is 3.57. The Labute approximate surface area is 119 Å². The molecule has 0 bridgehead atoms. The Morgan fingerprint density at radius 2 is 2.32 bits per heavy atom. The van der Waals surface area contributed by atoms with Gasteiger partial charge in [0, 0.05) is 37.2 Å². The maximum Gasteiger partial charge on any atom is 0.0964 e. The second-order valence-corrected chi connectivity index (χ2v) is 6.17. The van der Waals surface area contributed by atoms with Crippen LogP contribution in [0.4, 0.5) is 0 Å². The van der Waals surface area contributed by atoms with Gasteiger partial charge in [-0.25, -0.2) is 0 Å². The summed E-state index contributed by atoms with van der Waals surface area (Å²) < 4.78 is 1.81. The first-order chi connectivity index (χ1) is 9.33. The van der Waals surface area contributed by atoms with Gasteiger partial charge in [0.05, 0.1) is 5.69 Å². The highest BCUT2D eigenvalue weighted by Gasteiger charge is 2.23. The van der Waals surface area contributed by atoms with Crippen LogP contribution in [0, 0.1) is 0 Å². The molecule has 0 aromatic carbocycles. The lowest BCUT2D eigenvalue weighted by Gasteiger charge is -2.30. The number of aliphatic hydroxyl groups excluding tert-OH is 1. The molecule has 2 atom stereocenters. The van der Waals surface area contributed by atoms with Gasteiger partial charge in [-0.3, -0.25) is 4.68 Å². The molecule has 1 aliphatic carbocycles. The minimum Gasteiger partial charge on any atom is -0.396 e. The van der Waals surface area contributed by atoms with Crippen LogP contribution in [0.3, 0.4) is 0 Å². The number of aliphatic hydroxyl groups is 1. The van der Waals surface area contributed by atoms with Gasteiger partial charge >= 0.3 is 0 Å². The lowest BCUT2D eigenvalue weighted by molar-refractivity contribution is 0.276. The molecule has 0 amide bonds. The monoisotopic (exact) mass is 284 g/mol. The van der Waals surface area contributed by atoms with Crippen LogP contribution in [0.25, 0.3) is 0 Å². The Balaban J connectivity index is 1.79. The number of nitrogens with zero attached hydrogens (tertiary/aromatic N) is 3. The summed E-state index contributed by atoms with van der Waals surface area (Å²) in [7, 11) is 0. The number of hydrogen-bond acceptors (Lipinski definition) is 5. The molecule has 2 unspecified atom stereocenters. The van der Waals surface area contributed by atoms with Crippen molar-refractivity contribution in [2.45, 2.75) is 56.5 Å². The largest absolute Gasteiger partial charge is 0.396 e. The molecule has 1 aromatic heterocycles. The van der Waals surface area contributed by atoms with E-state index < -0.39 is 0 Å². The molecule has 19 heavy (non-hydrogen) atoms. The van der Waals surface area contributed by atoms with E-state index >= 15 is 0 Å². The minimum absolute atomic E-state index is 0.199. The van der Waals surface area contributed by atoms with Crippen LogP contribution >= 0.6 is 11.8 Å². The summed E-state index contributed by atoms with van der Waals surface area (Å²) in [6.07, 6.45) is 10.2. The van der Waals surface area contributed by atoms with Crippen molar-refractivity contribution >= 4 is 11.8 Å². The zero-order valence-corrected chi connectivity index (χ0v) is 12.4.